The van der Waals surface area contributed by atoms with Crippen molar-refractivity contribution in [2.45, 2.75) is 17.8 Å². The number of thioether (sulfide) groups is 1. The molecule has 0 aliphatic carbocycles. The van der Waals surface area contributed by atoms with Crippen LogP contribution in [0.1, 0.15) is 11.4 Å². The zero-order valence-electron chi connectivity index (χ0n) is 9.02. The fourth-order valence-corrected chi connectivity index (χ4v) is 2.71. The number of hydrogen-bond acceptors (Lipinski definition) is 4. The second kappa shape index (κ2) is 5.05. The number of hydrogen-bond donors (Lipinski definition) is 1. The number of aryl methyl sites for hydroxylation is 1. The van der Waals surface area contributed by atoms with Gasteiger partial charge in [0.05, 0.1) is 0 Å². The molecule has 0 atom stereocenters. The van der Waals surface area contributed by atoms with Crippen LogP contribution in [0.15, 0.2) is 27.8 Å². The number of benzene rings is 1. The lowest BCUT2D eigenvalue weighted by molar-refractivity contribution is 0.626. The van der Waals surface area contributed by atoms with Gasteiger partial charge >= 0.3 is 0 Å². The third-order valence-electron chi connectivity index (χ3n) is 2.20. The number of nitrogen functional groups attached to an aromatic ring is 1. The molecule has 1 aromatic carbocycles. The number of nitrogens with zero attached hydrogens (tertiary/aromatic N) is 3. The Morgan fingerprint density at radius 1 is 1.47 bits per heavy atom. The molecule has 1 aromatic heterocycles. The first-order chi connectivity index (χ1) is 8.08. The largest absolute Gasteiger partial charge is 0.336 e. The minimum absolute atomic E-state index is 0.255. The van der Waals surface area contributed by atoms with Crippen molar-refractivity contribution >= 4 is 27.7 Å². The molecular weight excluding hydrogens is 307 g/mol. The summed E-state index contributed by atoms with van der Waals surface area (Å²) in [6.45, 7) is 1.77. The molecule has 90 valence electrons. The van der Waals surface area contributed by atoms with Crippen LogP contribution in [0.25, 0.3) is 0 Å². The highest BCUT2D eigenvalue weighted by Crippen LogP contribution is 2.26. The van der Waals surface area contributed by atoms with Crippen LogP contribution >= 0.6 is 27.7 Å². The van der Waals surface area contributed by atoms with Crippen molar-refractivity contribution in [1.82, 2.24) is 14.9 Å². The summed E-state index contributed by atoms with van der Waals surface area (Å²) in [6.07, 6.45) is 0. The van der Waals surface area contributed by atoms with Crippen molar-refractivity contribution in [1.29, 1.82) is 0 Å². The summed E-state index contributed by atoms with van der Waals surface area (Å²) in [5.74, 6) is 6.69. The summed E-state index contributed by atoms with van der Waals surface area (Å²) in [5, 5.41) is 8.38. The molecule has 0 aliphatic heterocycles. The van der Waals surface area contributed by atoms with Crippen LogP contribution in [0.4, 0.5) is 4.39 Å². The van der Waals surface area contributed by atoms with Gasteiger partial charge in [0, 0.05) is 10.2 Å². The second-order valence-electron chi connectivity index (χ2n) is 3.42. The van der Waals surface area contributed by atoms with Crippen LogP contribution in [0.2, 0.25) is 0 Å². The van der Waals surface area contributed by atoms with Crippen molar-refractivity contribution in [3.8, 4) is 0 Å². The van der Waals surface area contributed by atoms with E-state index in [4.69, 9.17) is 5.84 Å². The number of aromatic nitrogens is 3. The van der Waals surface area contributed by atoms with Crippen LogP contribution in [0, 0.1) is 12.7 Å². The molecule has 0 aliphatic rings. The maximum atomic E-state index is 13.1. The summed E-state index contributed by atoms with van der Waals surface area (Å²) in [7, 11) is 0. The van der Waals surface area contributed by atoms with Gasteiger partial charge in [-0.05, 0) is 30.7 Å². The number of halogens is 2. The van der Waals surface area contributed by atoms with Crippen LogP contribution < -0.4 is 5.84 Å². The van der Waals surface area contributed by atoms with Gasteiger partial charge in [0.25, 0.3) is 0 Å². The standard InChI is InChI=1S/C10H10BrFN4S/c1-6-14-15-10(16(6)13)17-5-7-4-8(12)2-3-9(7)11/h2-4H,5,13H2,1H3. The zero-order chi connectivity index (χ0) is 12.4. The lowest BCUT2D eigenvalue weighted by atomic mass is 10.2. The Kier molecular flexibility index (Phi) is 3.68. The summed E-state index contributed by atoms with van der Waals surface area (Å²) in [4.78, 5) is 0. The third kappa shape index (κ3) is 2.78. The van der Waals surface area contributed by atoms with Gasteiger partial charge < -0.3 is 5.84 Å². The molecule has 0 bridgehead atoms. The van der Waals surface area contributed by atoms with Gasteiger partial charge in [-0.3, -0.25) is 0 Å². The first kappa shape index (κ1) is 12.4. The molecule has 0 amide bonds. The molecule has 1 heterocycles. The van der Waals surface area contributed by atoms with E-state index < -0.39 is 0 Å². The van der Waals surface area contributed by atoms with Crippen molar-refractivity contribution in [3.63, 3.8) is 0 Å². The molecule has 4 nitrogen and oxygen atoms in total. The maximum Gasteiger partial charge on any atom is 0.210 e. The van der Waals surface area contributed by atoms with Crippen molar-refractivity contribution in [2.24, 2.45) is 0 Å². The normalized spacial score (nSPS) is 10.8. The summed E-state index contributed by atoms with van der Waals surface area (Å²) >= 11 is 4.79. The predicted octanol–water partition coefficient (Wildman–Crippen LogP) is 2.49. The molecule has 7 heteroatoms. The fraction of sp³-hybridized carbons (Fsp3) is 0.200. The topological polar surface area (TPSA) is 56.7 Å². The highest BCUT2D eigenvalue weighted by Gasteiger charge is 2.08. The summed E-state index contributed by atoms with van der Waals surface area (Å²) in [5.41, 5.74) is 0.857. The average molecular weight is 317 g/mol. The van der Waals surface area contributed by atoms with Gasteiger partial charge in [-0.25, -0.2) is 9.07 Å². The van der Waals surface area contributed by atoms with E-state index in [1.165, 1.54) is 28.6 Å². The van der Waals surface area contributed by atoms with E-state index in [-0.39, 0.29) is 5.82 Å². The summed E-state index contributed by atoms with van der Waals surface area (Å²) < 4.78 is 15.3. The first-order valence-corrected chi connectivity index (χ1v) is 6.59. The molecule has 0 unspecified atom stereocenters. The molecule has 0 fully saturated rings. The Balaban J connectivity index is 2.12. The van der Waals surface area contributed by atoms with Crippen LogP contribution in [0.5, 0.6) is 0 Å². The predicted molar refractivity (Wildman–Crippen MR) is 68.6 cm³/mol. The van der Waals surface area contributed by atoms with E-state index in [1.807, 2.05) is 0 Å². The van der Waals surface area contributed by atoms with E-state index in [2.05, 4.69) is 26.1 Å². The Hall–Kier alpha value is -1.08. The SMILES string of the molecule is Cc1nnc(SCc2cc(F)ccc2Br)n1N. The van der Waals surface area contributed by atoms with Gasteiger partial charge in [0.1, 0.15) is 11.6 Å². The smallest absolute Gasteiger partial charge is 0.210 e. The third-order valence-corrected chi connectivity index (χ3v) is 3.97. The molecule has 0 saturated heterocycles. The molecule has 0 radical (unpaired) electrons. The van der Waals surface area contributed by atoms with E-state index in [9.17, 15) is 4.39 Å². The number of rotatable bonds is 3. The van der Waals surface area contributed by atoms with E-state index >= 15 is 0 Å². The fourth-order valence-electron chi connectivity index (χ4n) is 1.24. The van der Waals surface area contributed by atoms with Gasteiger partial charge in [0.15, 0.2) is 0 Å². The molecule has 2 aromatic rings. The van der Waals surface area contributed by atoms with Crippen molar-refractivity contribution < 1.29 is 4.39 Å². The summed E-state index contributed by atoms with van der Waals surface area (Å²) in [6, 6.07) is 4.58. The van der Waals surface area contributed by atoms with E-state index in [0.717, 1.165) is 10.0 Å². The lowest BCUT2D eigenvalue weighted by Gasteiger charge is -2.04. The molecule has 0 saturated carbocycles. The zero-order valence-corrected chi connectivity index (χ0v) is 11.4. The quantitative estimate of drug-likeness (QED) is 0.698. The average Bonchev–Trinajstić information content (AvgIpc) is 2.62. The highest BCUT2D eigenvalue weighted by molar-refractivity contribution is 9.10. The molecule has 2 rings (SSSR count). The van der Waals surface area contributed by atoms with Gasteiger partial charge in [0.2, 0.25) is 5.16 Å². The minimum Gasteiger partial charge on any atom is -0.336 e. The first-order valence-electron chi connectivity index (χ1n) is 4.81. The van der Waals surface area contributed by atoms with Gasteiger partial charge in [-0.2, -0.15) is 0 Å². The van der Waals surface area contributed by atoms with Crippen LogP contribution in [0.3, 0.4) is 0 Å². The van der Waals surface area contributed by atoms with E-state index in [1.54, 1.807) is 13.0 Å². The molecule has 0 spiro atoms. The Labute approximate surface area is 111 Å². The Morgan fingerprint density at radius 2 is 2.24 bits per heavy atom. The monoisotopic (exact) mass is 316 g/mol. The number of nitrogens with two attached hydrogens (primary N) is 1. The highest BCUT2D eigenvalue weighted by atomic mass is 79.9. The Bertz CT molecular complexity index is 543. The molecular formula is C10H10BrFN4S. The van der Waals surface area contributed by atoms with E-state index in [0.29, 0.717) is 16.7 Å². The van der Waals surface area contributed by atoms with Crippen molar-refractivity contribution in [3.05, 3.63) is 39.9 Å². The van der Waals surface area contributed by atoms with Gasteiger partial charge in [-0.15, -0.1) is 10.2 Å². The van der Waals surface area contributed by atoms with Gasteiger partial charge in [-0.1, -0.05) is 27.7 Å². The van der Waals surface area contributed by atoms with Crippen LogP contribution in [-0.4, -0.2) is 14.9 Å². The van der Waals surface area contributed by atoms with Crippen LogP contribution in [-0.2, 0) is 5.75 Å². The minimum atomic E-state index is -0.255. The lowest BCUT2D eigenvalue weighted by Crippen LogP contribution is -2.11. The maximum absolute atomic E-state index is 13.1. The Morgan fingerprint density at radius 3 is 2.88 bits per heavy atom. The second-order valence-corrected chi connectivity index (χ2v) is 5.22. The molecule has 2 N–H and O–H groups in total. The molecule has 17 heavy (non-hydrogen) atoms. The van der Waals surface area contributed by atoms with Crippen molar-refractivity contribution in [2.75, 3.05) is 5.84 Å².